The Morgan fingerprint density at radius 3 is 2.43 bits per heavy atom. The monoisotopic (exact) mass is 310 g/mol. The summed E-state index contributed by atoms with van der Waals surface area (Å²) in [5.41, 5.74) is 1.62. The number of rotatable bonds is 4. The molecular weight excluding hydrogens is 294 g/mol. The third-order valence-corrected chi connectivity index (χ3v) is 3.77. The van der Waals surface area contributed by atoms with Gasteiger partial charge in [0, 0.05) is 11.6 Å². The van der Waals surface area contributed by atoms with E-state index in [4.69, 9.17) is 4.74 Å². The molecule has 4 heteroatoms. The second kappa shape index (κ2) is 6.44. The largest absolute Gasteiger partial charge is 0.486 e. The van der Waals surface area contributed by atoms with Gasteiger partial charge in [-0.3, -0.25) is 0 Å². The van der Waals surface area contributed by atoms with E-state index >= 15 is 0 Å². The fraction of sp³-hybridized carbons (Fsp3) is 0.294. The van der Waals surface area contributed by atoms with E-state index in [0.717, 1.165) is 18.1 Å². The maximum Gasteiger partial charge on any atom is 0.168 e. The Bertz CT molecular complexity index is 616. The van der Waals surface area contributed by atoms with Gasteiger partial charge in [0.25, 0.3) is 0 Å². The van der Waals surface area contributed by atoms with Crippen LogP contribution in [0.25, 0.3) is 0 Å². The lowest BCUT2D eigenvalue weighted by atomic mass is 10.1. The molecule has 1 aliphatic carbocycles. The zero-order valence-electron chi connectivity index (χ0n) is 11.7. The van der Waals surface area contributed by atoms with Crippen LogP contribution in [0.2, 0.25) is 0 Å². The Hall–Kier alpha value is -1.61. The molecule has 2 aromatic rings. The molecule has 0 aromatic heterocycles. The first-order valence-corrected chi connectivity index (χ1v) is 6.81. The Balaban J connectivity index is 0.00000161. The molecule has 2 aromatic carbocycles. The minimum atomic E-state index is -0.616. The Kier molecular flexibility index (Phi) is 4.84. The van der Waals surface area contributed by atoms with Crippen LogP contribution in [0.3, 0.4) is 0 Å². The van der Waals surface area contributed by atoms with Crippen molar-refractivity contribution in [3.05, 3.63) is 65.2 Å². The number of benzene rings is 2. The van der Waals surface area contributed by atoms with Crippen molar-refractivity contribution in [1.29, 1.82) is 0 Å². The van der Waals surface area contributed by atoms with Gasteiger partial charge >= 0.3 is 0 Å². The maximum absolute atomic E-state index is 14.0. The molecule has 0 spiro atoms. The van der Waals surface area contributed by atoms with E-state index in [-0.39, 0.29) is 30.7 Å². The SMILES string of the molecule is CC1CC1c1cc(F)cc(F)c1OCc1ccccc1.Cl. The summed E-state index contributed by atoms with van der Waals surface area (Å²) in [5, 5.41) is 0. The van der Waals surface area contributed by atoms with Crippen LogP contribution in [0, 0.1) is 17.6 Å². The molecule has 0 radical (unpaired) electrons. The lowest BCUT2D eigenvalue weighted by Crippen LogP contribution is -2.02. The zero-order chi connectivity index (χ0) is 14.1. The van der Waals surface area contributed by atoms with Crippen LogP contribution in [0.4, 0.5) is 8.78 Å². The van der Waals surface area contributed by atoms with Gasteiger partial charge in [-0.2, -0.15) is 0 Å². The van der Waals surface area contributed by atoms with Crippen molar-refractivity contribution in [2.75, 3.05) is 0 Å². The molecule has 0 N–H and O–H groups in total. The van der Waals surface area contributed by atoms with Crippen LogP contribution in [-0.4, -0.2) is 0 Å². The first-order valence-electron chi connectivity index (χ1n) is 6.81. The topological polar surface area (TPSA) is 9.23 Å². The number of halogens is 3. The third-order valence-electron chi connectivity index (χ3n) is 3.77. The van der Waals surface area contributed by atoms with Crippen LogP contribution in [0.15, 0.2) is 42.5 Å². The second-order valence-electron chi connectivity index (χ2n) is 5.40. The molecule has 1 fully saturated rings. The van der Waals surface area contributed by atoms with Gasteiger partial charge in [0.15, 0.2) is 11.6 Å². The highest BCUT2D eigenvalue weighted by atomic mass is 35.5. The van der Waals surface area contributed by atoms with Gasteiger partial charge in [-0.15, -0.1) is 12.4 Å². The normalized spacial score (nSPS) is 19.8. The summed E-state index contributed by atoms with van der Waals surface area (Å²) in [4.78, 5) is 0. The van der Waals surface area contributed by atoms with Gasteiger partial charge in [-0.1, -0.05) is 37.3 Å². The maximum atomic E-state index is 14.0. The molecule has 0 amide bonds. The molecular formula is C17H17ClF2O. The van der Waals surface area contributed by atoms with E-state index in [2.05, 4.69) is 6.92 Å². The lowest BCUT2D eigenvalue weighted by Gasteiger charge is -2.13. The van der Waals surface area contributed by atoms with E-state index in [1.807, 2.05) is 30.3 Å². The summed E-state index contributed by atoms with van der Waals surface area (Å²) in [6, 6.07) is 11.8. The van der Waals surface area contributed by atoms with Crippen molar-refractivity contribution < 1.29 is 13.5 Å². The fourth-order valence-electron chi connectivity index (χ4n) is 2.49. The summed E-state index contributed by atoms with van der Waals surface area (Å²) in [6.07, 6.45) is 0.963. The van der Waals surface area contributed by atoms with Crippen LogP contribution >= 0.6 is 12.4 Å². The van der Waals surface area contributed by atoms with Gasteiger partial charge in [-0.25, -0.2) is 8.78 Å². The molecule has 2 atom stereocenters. The molecule has 112 valence electrons. The molecule has 0 heterocycles. The van der Waals surface area contributed by atoms with Gasteiger partial charge in [0.05, 0.1) is 0 Å². The quantitative estimate of drug-likeness (QED) is 0.764. The van der Waals surface area contributed by atoms with Gasteiger partial charge in [0.2, 0.25) is 0 Å². The van der Waals surface area contributed by atoms with E-state index in [9.17, 15) is 8.78 Å². The zero-order valence-corrected chi connectivity index (χ0v) is 12.5. The van der Waals surface area contributed by atoms with Crippen molar-refractivity contribution in [3.63, 3.8) is 0 Å². The first-order chi connectivity index (χ1) is 9.65. The van der Waals surface area contributed by atoms with Crippen molar-refractivity contribution in [2.24, 2.45) is 5.92 Å². The summed E-state index contributed by atoms with van der Waals surface area (Å²) < 4.78 is 33.0. The second-order valence-corrected chi connectivity index (χ2v) is 5.40. The van der Waals surface area contributed by atoms with E-state index in [1.165, 1.54) is 6.07 Å². The molecule has 1 aliphatic rings. The number of hydrogen-bond donors (Lipinski definition) is 0. The molecule has 0 aliphatic heterocycles. The van der Waals surface area contributed by atoms with E-state index in [1.54, 1.807) is 0 Å². The van der Waals surface area contributed by atoms with E-state index in [0.29, 0.717) is 11.5 Å². The highest BCUT2D eigenvalue weighted by Gasteiger charge is 2.37. The molecule has 21 heavy (non-hydrogen) atoms. The van der Waals surface area contributed by atoms with Crippen molar-refractivity contribution in [1.82, 2.24) is 0 Å². The summed E-state index contributed by atoms with van der Waals surface area (Å²) in [5.74, 6) is -0.274. The smallest absolute Gasteiger partial charge is 0.168 e. The highest BCUT2D eigenvalue weighted by molar-refractivity contribution is 5.85. The van der Waals surface area contributed by atoms with Crippen LogP contribution in [-0.2, 0) is 6.61 Å². The minimum Gasteiger partial charge on any atom is -0.486 e. The Morgan fingerprint density at radius 2 is 1.81 bits per heavy atom. The lowest BCUT2D eigenvalue weighted by molar-refractivity contribution is 0.285. The number of ether oxygens (including phenoxy) is 1. The Morgan fingerprint density at radius 1 is 1.14 bits per heavy atom. The summed E-state index contributed by atoms with van der Waals surface area (Å²) >= 11 is 0. The molecule has 3 rings (SSSR count). The Labute approximate surface area is 129 Å². The van der Waals surface area contributed by atoms with Crippen molar-refractivity contribution in [2.45, 2.75) is 25.9 Å². The molecule has 0 saturated heterocycles. The fourth-order valence-corrected chi connectivity index (χ4v) is 2.49. The number of hydrogen-bond acceptors (Lipinski definition) is 1. The van der Waals surface area contributed by atoms with Crippen LogP contribution < -0.4 is 4.74 Å². The van der Waals surface area contributed by atoms with Gasteiger partial charge in [-0.05, 0) is 29.9 Å². The van der Waals surface area contributed by atoms with E-state index < -0.39 is 11.6 Å². The molecule has 1 nitrogen and oxygen atoms in total. The minimum absolute atomic E-state index is 0. The molecule has 2 unspecified atom stereocenters. The standard InChI is InChI=1S/C17H16F2O.ClH/c1-11-7-14(11)15-8-13(18)9-16(19)17(15)20-10-12-5-3-2-4-6-12;/h2-6,8-9,11,14H,7,10H2,1H3;1H. The molecule has 1 saturated carbocycles. The predicted molar refractivity (Wildman–Crippen MR) is 80.9 cm³/mol. The molecule has 0 bridgehead atoms. The van der Waals surface area contributed by atoms with Crippen molar-refractivity contribution >= 4 is 12.4 Å². The van der Waals surface area contributed by atoms with Crippen molar-refractivity contribution in [3.8, 4) is 5.75 Å². The van der Waals surface area contributed by atoms with Gasteiger partial charge < -0.3 is 4.74 Å². The summed E-state index contributed by atoms with van der Waals surface area (Å²) in [7, 11) is 0. The average Bonchev–Trinajstić information content (AvgIpc) is 3.15. The predicted octanol–water partition coefficient (Wildman–Crippen LogP) is 5.09. The highest BCUT2D eigenvalue weighted by Crippen LogP contribution is 2.50. The van der Waals surface area contributed by atoms with Gasteiger partial charge in [0.1, 0.15) is 12.4 Å². The summed E-state index contributed by atoms with van der Waals surface area (Å²) in [6.45, 7) is 2.37. The third kappa shape index (κ3) is 3.53. The average molecular weight is 311 g/mol. The van der Waals surface area contributed by atoms with Crippen LogP contribution in [0.1, 0.15) is 30.4 Å². The van der Waals surface area contributed by atoms with Crippen LogP contribution in [0.5, 0.6) is 5.75 Å². The first kappa shape index (κ1) is 15.8.